The van der Waals surface area contributed by atoms with Crippen LogP contribution in [0.3, 0.4) is 0 Å². The molecule has 2 rings (SSSR count). The topological polar surface area (TPSA) is 87.6 Å². The summed E-state index contributed by atoms with van der Waals surface area (Å²) >= 11 is 0. The zero-order valence-corrected chi connectivity index (χ0v) is 12.1. The lowest BCUT2D eigenvalue weighted by atomic mass is 9.92. The van der Waals surface area contributed by atoms with Gasteiger partial charge in [0.2, 0.25) is 10.0 Å². The van der Waals surface area contributed by atoms with Crippen LogP contribution in [0.4, 0.5) is 0 Å². The molecular weight excluding hydrogens is 280 g/mol. The van der Waals surface area contributed by atoms with Crippen molar-refractivity contribution in [3.8, 4) is 0 Å². The second kappa shape index (κ2) is 5.88. The first-order valence-electron chi connectivity index (χ1n) is 6.59. The van der Waals surface area contributed by atoms with Crippen molar-refractivity contribution in [2.45, 2.75) is 24.7 Å². The Balaban J connectivity index is 2.24. The van der Waals surface area contributed by atoms with Crippen LogP contribution in [0.1, 0.15) is 19.8 Å². The van der Waals surface area contributed by atoms with E-state index in [1.807, 2.05) is 6.92 Å². The fourth-order valence-electron chi connectivity index (χ4n) is 2.62. The van der Waals surface area contributed by atoms with Gasteiger partial charge in [-0.15, -0.1) is 0 Å². The number of hydrogen-bond donors (Lipinski definition) is 1. The number of aromatic nitrogens is 1. The van der Waals surface area contributed by atoms with Gasteiger partial charge < -0.3 is 5.11 Å². The molecule has 1 aliphatic heterocycles. The van der Waals surface area contributed by atoms with E-state index in [0.29, 0.717) is 0 Å². The van der Waals surface area contributed by atoms with E-state index in [1.165, 1.54) is 22.8 Å². The molecule has 0 aliphatic carbocycles. The van der Waals surface area contributed by atoms with Crippen LogP contribution in [0.15, 0.2) is 29.4 Å². The summed E-state index contributed by atoms with van der Waals surface area (Å²) in [6.45, 7) is 2.27. The first kappa shape index (κ1) is 14.9. The Morgan fingerprint density at radius 1 is 1.50 bits per heavy atom. The minimum absolute atomic E-state index is 0.0389. The van der Waals surface area contributed by atoms with E-state index in [2.05, 4.69) is 4.98 Å². The molecule has 2 atom stereocenters. The van der Waals surface area contributed by atoms with E-state index in [-0.39, 0.29) is 23.9 Å². The lowest BCUT2D eigenvalue weighted by Gasteiger charge is -2.15. The monoisotopic (exact) mass is 298 g/mol. The maximum absolute atomic E-state index is 12.4. The Morgan fingerprint density at radius 3 is 2.80 bits per heavy atom. The van der Waals surface area contributed by atoms with Crippen molar-refractivity contribution in [1.29, 1.82) is 0 Å². The molecule has 20 heavy (non-hydrogen) atoms. The van der Waals surface area contributed by atoms with Crippen molar-refractivity contribution in [3.63, 3.8) is 0 Å². The maximum atomic E-state index is 12.4. The number of rotatable bonds is 5. The van der Waals surface area contributed by atoms with Crippen LogP contribution in [0.25, 0.3) is 0 Å². The van der Waals surface area contributed by atoms with Crippen LogP contribution < -0.4 is 0 Å². The molecule has 0 amide bonds. The summed E-state index contributed by atoms with van der Waals surface area (Å²) in [6.07, 6.45) is 4.35. The number of nitrogens with zero attached hydrogens (tertiary/aromatic N) is 2. The van der Waals surface area contributed by atoms with Crippen molar-refractivity contribution in [2.75, 3.05) is 13.1 Å². The van der Waals surface area contributed by atoms with E-state index >= 15 is 0 Å². The number of aliphatic carboxylic acids is 1. The number of carboxylic acid groups (broad SMARTS) is 1. The van der Waals surface area contributed by atoms with Gasteiger partial charge in [-0.3, -0.25) is 9.78 Å². The Labute approximate surface area is 118 Å². The van der Waals surface area contributed by atoms with E-state index in [1.54, 1.807) is 6.07 Å². The molecule has 1 saturated heterocycles. The normalized spacial score (nSPS) is 23.9. The average Bonchev–Trinajstić information content (AvgIpc) is 2.85. The van der Waals surface area contributed by atoms with Gasteiger partial charge >= 0.3 is 5.97 Å². The van der Waals surface area contributed by atoms with Gasteiger partial charge in [0.1, 0.15) is 4.90 Å². The fourth-order valence-corrected chi connectivity index (χ4v) is 4.11. The minimum atomic E-state index is -3.65. The van der Waals surface area contributed by atoms with Gasteiger partial charge in [-0.25, -0.2) is 8.42 Å². The van der Waals surface area contributed by atoms with Gasteiger partial charge in [-0.2, -0.15) is 4.31 Å². The fraction of sp³-hybridized carbons (Fsp3) is 0.538. The van der Waals surface area contributed by atoms with Crippen molar-refractivity contribution in [1.82, 2.24) is 9.29 Å². The molecule has 7 heteroatoms. The molecule has 0 saturated carbocycles. The van der Waals surface area contributed by atoms with E-state index in [0.717, 1.165) is 12.8 Å². The molecule has 1 aromatic heterocycles. The summed E-state index contributed by atoms with van der Waals surface area (Å²) in [6, 6.07) is 3.03. The standard InChI is InChI=1S/C13H18N2O4S/c1-2-4-10-8-15(9-12(10)13(16)17)20(18,19)11-5-3-6-14-7-11/h3,5-7,10,12H,2,4,8-9H2,1H3,(H,16,17)/t10-,12-/m1/s1. The van der Waals surface area contributed by atoms with Crippen molar-refractivity contribution in [3.05, 3.63) is 24.5 Å². The van der Waals surface area contributed by atoms with Crippen LogP contribution in [-0.4, -0.2) is 41.9 Å². The van der Waals surface area contributed by atoms with Crippen molar-refractivity contribution >= 4 is 16.0 Å². The van der Waals surface area contributed by atoms with Crippen LogP contribution in [0.2, 0.25) is 0 Å². The average molecular weight is 298 g/mol. The number of carboxylic acids is 1. The molecule has 0 spiro atoms. The lowest BCUT2D eigenvalue weighted by Crippen LogP contribution is -2.30. The summed E-state index contributed by atoms with van der Waals surface area (Å²) in [4.78, 5) is 15.2. The molecular formula is C13H18N2O4S. The van der Waals surface area contributed by atoms with Crippen LogP contribution in [0, 0.1) is 11.8 Å². The predicted molar refractivity (Wildman–Crippen MR) is 72.5 cm³/mol. The van der Waals surface area contributed by atoms with E-state index in [4.69, 9.17) is 0 Å². The van der Waals surface area contributed by atoms with Crippen LogP contribution >= 0.6 is 0 Å². The summed E-state index contributed by atoms with van der Waals surface area (Å²) in [7, 11) is -3.65. The van der Waals surface area contributed by atoms with E-state index in [9.17, 15) is 18.3 Å². The summed E-state index contributed by atoms with van der Waals surface area (Å²) in [5.41, 5.74) is 0. The number of carbonyl (C=O) groups is 1. The molecule has 0 radical (unpaired) electrons. The van der Waals surface area contributed by atoms with Crippen molar-refractivity contribution < 1.29 is 18.3 Å². The number of sulfonamides is 1. The third kappa shape index (κ3) is 2.83. The zero-order valence-electron chi connectivity index (χ0n) is 11.3. The molecule has 1 fully saturated rings. The van der Waals surface area contributed by atoms with Gasteiger partial charge in [0, 0.05) is 25.5 Å². The number of hydrogen-bond acceptors (Lipinski definition) is 4. The maximum Gasteiger partial charge on any atom is 0.308 e. The minimum Gasteiger partial charge on any atom is -0.481 e. The van der Waals surface area contributed by atoms with Crippen LogP contribution in [-0.2, 0) is 14.8 Å². The van der Waals surface area contributed by atoms with E-state index < -0.39 is 21.9 Å². The Morgan fingerprint density at radius 2 is 2.25 bits per heavy atom. The Kier molecular flexibility index (Phi) is 4.39. The highest BCUT2D eigenvalue weighted by atomic mass is 32.2. The molecule has 0 aromatic carbocycles. The lowest BCUT2D eigenvalue weighted by molar-refractivity contribution is -0.142. The van der Waals surface area contributed by atoms with Crippen LogP contribution in [0.5, 0.6) is 0 Å². The van der Waals surface area contributed by atoms with Gasteiger partial charge in [-0.1, -0.05) is 13.3 Å². The quantitative estimate of drug-likeness (QED) is 0.882. The Hall–Kier alpha value is -1.47. The highest BCUT2D eigenvalue weighted by Crippen LogP contribution is 2.31. The molecule has 2 heterocycles. The largest absolute Gasteiger partial charge is 0.481 e. The second-order valence-electron chi connectivity index (χ2n) is 5.00. The molecule has 0 bridgehead atoms. The smallest absolute Gasteiger partial charge is 0.308 e. The highest BCUT2D eigenvalue weighted by Gasteiger charge is 2.42. The third-order valence-corrected chi connectivity index (χ3v) is 5.47. The predicted octanol–water partition coefficient (Wildman–Crippen LogP) is 1.20. The van der Waals surface area contributed by atoms with Gasteiger partial charge in [-0.05, 0) is 24.5 Å². The molecule has 0 unspecified atom stereocenters. The number of pyridine rings is 1. The Bertz CT molecular complexity index is 573. The van der Waals surface area contributed by atoms with Crippen molar-refractivity contribution in [2.24, 2.45) is 11.8 Å². The summed E-state index contributed by atoms with van der Waals surface area (Å²) in [5.74, 6) is -1.67. The highest BCUT2D eigenvalue weighted by molar-refractivity contribution is 7.89. The van der Waals surface area contributed by atoms with Gasteiger partial charge in [0.05, 0.1) is 5.92 Å². The van der Waals surface area contributed by atoms with Gasteiger partial charge in [0.15, 0.2) is 0 Å². The SMILES string of the molecule is CCC[C@@H]1CN(S(=O)(=O)c2cccnc2)C[C@H]1C(=O)O. The molecule has 1 aliphatic rings. The molecule has 1 N–H and O–H groups in total. The molecule has 1 aromatic rings. The zero-order chi connectivity index (χ0) is 14.8. The molecule has 6 nitrogen and oxygen atoms in total. The second-order valence-corrected chi connectivity index (χ2v) is 6.94. The first-order valence-corrected chi connectivity index (χ1v) is 8.03. The summed E-state index contributed by atoms with van der Waals surface area (Å²) < 4.78 is 26.2. The third-order valence-electron chi connectivity index (χ3n) is 3.66. The van der Waals surface area contributed by atoms with Gasteiger partial charge in [0.25, 0.3) is 0 Å². The first-order chi connectivity index (χ1) is 9.46. The molecule has 110 valence electrons. The summed E-state index contributed by atoms with van der Waals surface area (Å²) in [5, 5.41) is 9.23.